The number of unbranched alkanes of at least 4 members (excludes halogenated alkanes) is 1. The quantitative estimate of drug-likeness (QED) is 0.780. The number of hydrogen-bond acceptors (Lipinski definition) is 4. The third-order valence-electron chi connectivity index (χ3n) is 3.72. The molecule has 0 amide bonds. The van der Waals surface area contributed by atoms with Crippen LogP contribution in [0.4, 0.5) is 0 Å². The molecule has 5 heteroatoms. The Morgan fingerprint density at radius 2 is 2.15 bits per heavy atom. The summed E-state index contributed by atoms with van der Waals surface area (Å²) >= 11 is 0. The standard InChI is InChI=1S/C15H24N4O/c1-5-7-8-19(6-2)11-13-9-15(17-20-13)14-10-16-18(4)12(14)3/h9-10H,5-8,11H2,1-4H3. The summed E-state index contributed by atoms with van der Waals surface area (Å²) in [6.45, 7) is 9.39. The Kier molecular flexibility index (Phi) is 4.95. The molecule has 0 unspecified atom stereocenters. The summed E-state index contributed by atoms with van der Waals surface area (Å²) in [7, 11) is 1.93. The van der Waals surface area contributed by atoms with Gasteiger partial charge in [-0.05, 0) is 26.4 Å². The Morgan fingerprint density at radius 1 is 1.35 bits per heavy atom. The summed E-state index contributed by atoms with van der Waals surface area (Å²) in [6, 6.07) is 2.03. The third-order valence-corrected chi connectivity index (χ3v) is 3.72. The second-order valence-electron chi connectivity index (χ2n) is 5.17. The summed E-state index contributed by atoms with van der Waals surface area (Å²) in [5, 5.41) is 8.42. The Labute approximate surface area is 120 Å². The lowest BCUT2D eigenvalue weighted by atomic mass is 10.2. The zero-order valence-electron chi connectivity index (χ0n) is 12.9. The summed E-state index contributed by atoms with van der Waals surface area (Å²) in [6.07, 6.45) is 4.27. The van der Waals surface area contributed by atoms with Crippen LogP contribution in [0.3, 0.4) is 0 Å². The van der Waals surface area contributed by atoms with Crippen molar-refractivity contribution in [3.8, 4) is 11.3 Å². The Hall–Kier alpha value is -1.62. The zero-order chi connectivity index (χ0) is 14.5. The normalized spacial score (nSPS) is 11.4. The molecule has 0 N–H and O–H groups in total. The smallest absolute Gasteiger partial charge is 0.151 e. The highest BCUT2D eigenvalue weighted by Crippen LogP contribution is 2.22. The van der Waals surface area contributed by atoms with Gasteiger partial charge in [0.05, 0.1) is 12.7 Å². The van der Waals surface area contributed by atoms with Crippen LogP contribution in [0.5, 0.6) is 0 Å². The average Bonchev–Trinajstić information content (AvgIpc) is 3.03. The highest BCUT2D eigenvalue weighted by Gasteiger charge is 2.13. The average molecular weight is 276 g/mol. The van der Waals surface area contributed by atoms with Gasteiger partial charge in [0.25, 0.3) is 0 Å². The van der Waals surface area contributed by atoms with Crippen molar-refractivity contribution in [2.75, 3.05) is 13.1 Å². The van der Waals surface area contributed by atoms with Crippen molar-refractivity contribution in [2.45, 2.75) is 40.2 Å². The van der Waals surface area contributed by atoms with E-state index in [-0.39, 0.29) is 0 Å². The van der Waals surface area contributed by atoms with Gasteiger partial charge in [-0.1, -0.05) is 25.4 Å². The van der Waals surface area contributed by atoms with E-state index < -0.39 is 0 Å². The van der Waals surface area contributed by atoms with E-state index in [4.69, 9.17) is 4.52 Å². The molecule has 0 aliphatic rings. The minimum Gasteiger partial charge on any atom is -0.359 e. The van der Waals surface area contributed by atoms with Gasteiger partial charge in [0.2, 0.25) is 0 Å². The van der Waals surface area contributed by atoms with Crippen molar-refractivity contribution in [1.29, 1.82) is 0 Å². The number of hydrogen-bond donors (Lipinski definition) is 0. The van der Waals surface area contributed by atoms with E-state index in [1.165, 1.54) is 12.8 Å². The molecule has 0 saturated carbocycles. The molecular weight excluding hydrogens is 252 g/mol. The van der Waals surface area contributed by atoms with Crippen LogP contribution in [0, 0.1) is 6.92 Å². The maximum atomic E-state index is 5.47. The first-order valence-corrected chi connectivity index (χ1v) is 7.32. The van der Waals surface area contributed by atoms with Crippen molar-refractivity contribution in [3.63, 3.8) is 0 Å². The molecule has 20 heavy (non-hydrogen) atoms. The van der Waals surface area contributed by atoms with Gasteiger partial charge >= 0.3 is 0 Å². The minimum absolute atomic E-state index is 0.822. The molecule has 2 aromatic rings. The Balaban J connectivity index is 2.07. The van der Waals surface area contributed by atoms with Crippen LogP contribution in [0.1, 0.15) is 38.1 Å². The van der Waals surface area contributed by atoms with Gasteiger partial charge in [-0.25, -0.2) is 0 Å². The fraction of sp³-hybridized carbons (Fsp3) is 0.600. The van der Waals surface area contributed by atoms with Crippen molar-refractivity contribution in [1.82, 2.24) is 19.8 Å². The van der Waals surface area contributed by atoms with Crippen LogP contribution in [0.2, 0.25) is 0 Å². The highest BCUT2D eigenvalue weighted by atomic mass is 16.5. The molecule has 0 aliphatic heterocycles. The van der Waals surface area contributed by atoms with Crippen molar-refractivity contribution in [2.24, 2.45) is 7.05 Å². The van der Waals surface area contributed by atoms with Gasteiger partial charge in [-0.3, -0.25) is 9.58 Å². The molecule has 0 spiro atoms. The number of aromatic nitrogens is 3. The predicted molar refractivity (Wildman–Crippen MR) is 79.3 cm³/mol. The Bertz CT molecular complexity index is 544. The first-order valence-electron chi connectivity index (χ1n) is 7.32. The summed E-state index contributed by atoms with van der Waals surface area (Å²) in [4.78, 5) is 2.38. The number of aryl methyl sites for hydroxylation is 1. The molecular formula is C15H24N4O. The topological polar surface area (TPSA) is 47.1 Å². The van der Waals surface area contributed by atoms with Crippen molar-refractivity contribution in [3.05, 3.63) is 23.7 Å². The molecule has 0 fully saturated rings. The van der Waals surface area contributed by atoms with E-state index in [1.807, 2.05) is 30.9 Å². The molecule has 5 nitrogen and oxygen atoms in total. The summed E-state index contributed by atoms with van der Waals surface area (Å²) in [5.74, 6) is 0.918. The minimum atomic E-state index is 0.822. The van der Waals surface area contributed by atoms with Gasteiger partial charge in [0.15, 0.2) is 5.76 Å². The first-order chi connectivity index (χ1) is 9.65. The van der Waals surface area contributed by atoms with Crippen LogP contribution < -0.4 is 0 Å². The fourth-order valence-electron chi connectivity index (χ4n) is 2.22. The monoisotopic (exact) mass is 276 g/mol. The molecule has 2 rings (SSSR count). The lowest BCUT2D eigenvalue weighted by Gasteiger charge is -2.17. The van der Waals surface area contributed by atoms with E-state index in [2.05, 4.69) is 29.0 Å². The molecule has 0 bridgehead atoms. The molecule has 0 aromatic carbocycles. The number of nitrogens with zero attached hydrogens (tertiary/aromatic N) is 4. The van der Waals surface area contributed by atoms with Gasteiger partial charge in [-0.2, -0.15) is 5.10 Å². The van der Waals surface area contributed by atoms with Crippen LogP contribution >= 0.6 is 0 Å². The molecule has 2 heterocycles. The highest BCUT2D eigenvalue weighted by molar-refractivity contribution is 5.60. The SMILES string of the molecule is CCCCN(CC)Cc1cc(-c2cnn(C)c2C)no1. The van der Waals surface area contributed by atoms with Crippen LogP contribution in [0.25, 0.3) is 11.3 Å². The first kappa shape index (κ1) is 14.8. The Morgan fingerprint density at radius 3 is 2.75 bits per heavy atom. The zero-order valence-corrected chi connectivity index (χ0v) is 12.9. The van der Waals surface area contributed by atoms with Crippen LogP contribution in [-0.4, -0.2) is 32.9 Å². The molecule has 0 saturated heterocycles. The predicted octanol–water partition coefficient (Wildman–Crippen LogP) is 3.01. The second-order valence-corrected chi connectivity index (χ2v) is 5.17. The van der Waals surface area contributed by atoms with Crippen LogP contribution in [-0.2, 0) is 13.6 Å². The van der Waals surface area contributed by atoms with E-state index in [9.17, 15) is 0 Å². The molecule has 0 radical (unpaired) electrons. The van der Waals surface area contributed by atoms with E-state index in [1.54, 1.807) is 0 Å². The lowest BCUT2D eigenvalue weighted by molar-refractivity contribution is 0.238. The lowest BCUT2D eigenvalue weighted by Crippen LogP contribution is -2.23. The van der Waals surface area contributed by atoms with Gasteiger partial charge in [0, 0.05) is 24.4 Å². The van der Waals surface area contributed by atoms with Gasteiger partial charge < -0.3 is 4.52 Å². The summed E-state index contributed by atoms with van der Waals surface area (Å²) in [5.41, 5.74) is 3.01. The molecule has 2 aromatic heterocycles. The van der Waals surface area contributed by atoms with E-state index in [0.717, 1.165) is 42.3 Å². The van der Waals surface area contributed by atoms with Crippen molar-refractivity contribution >= 4 is 0 Å². The van der Waals surface area contributed by atoms with E-state index >= 15 is 0 Å². The molecule has 0 aliphatic carbocycles. The van der Waals surface area contributed by atoms with E-state index in [0.29, 0.717) is 0 Å². The maximum absolute atomic E-state index is 5.47. The largest absolute Gasteiger partial charge is 0.359 e. The van der Waals surface area contributed by atoms with Crippen molar-refractivity contribution < 1.29 is 4.52 Å². The van der Waals surface area contributed by atoms with Gasteiger partial charge in [-0.15, -0.1) is 0 Å². The third kappa shape index (κ3) is 3.28. The maximum Gasteiger partial charge on any atom is 0.151 e. The number of rotatable bonds is 7. The van der Waals surface area contributed by atoms with Crippen LogP contribution in [0.15, 0.2) is 16.8 Å². The molecule has 110 valence electrons. The fourth-order valence-corrected chi connectivity index (χ4v) is 2.22. The molecule has 0 atom stereocenters. The van der Waals surface area contributed by atoms with Gasteiger partial charge in [0.1, 0.15) is 5.69 Å². The summed E-state index contributed by atoms with van der Waals surface area (Å²) < 4.78 is 7.32. The second kappa shape index (κ2) is 6.70.